The average Bonchev–Trinajstić information content (AvgIpc) is 2.28. The fourth-order valence-corrected chi connectivity index (χ4v) is 2.81. The van der Waals surface area contributed by atoms with Crippen LogP contribution in [0.25, 0.3) is 10.4 Å². The van der Waals surface area contributed by atoms with Crippen molar-refractivity contribution in [1.29, 1.82) is 0 Å². The summed E-state index contributed by atoms with van der Waals surface area (Å²) in [4.78, 5) is 2.76. The van der Waals surface area contributed by atoms with Gasteiger partial charge in [-0.15, -0.1) is 0 Å². The van der Waals surface area contributed by atoms with Crippen LogP contribution in [0, 0.1) is 0 Å². The van der Waals surface area contributed by atoms with Gasteiger partial charge in [0.15, 0.2) is 0 Å². The number of azide groups is 1. The predicted octanol–water partition coefficient (Wildman–Crippen LogP) is 1.81. The number of benzene rings is 1. The van der Waals surface area contributed by atoms with Crippen molar-refractivity contribution in [3.63, 3.8) is 0 Å². The predicted molar refractivity (Wildman–Crippen MR) is 66.5 cm³/mol. The Morgan fingerprint density at radius 3 is 2.50 bits per heavy atom. The maximum Gasteiger partial charge on any atom is 0.264 e. The van der Waals surface area contributed by atoms with Crippen molar-refractivity contribution in [2.45, 2.75) is 25.0 Å². The van der Waals surface area contributed by atoms with Crippen molar-refractivity contribution in [3.8, 4) is 0 Å². The number of fused-ring (bicyclic) bond motifs is 1. The van der Waals surface area contributed by atoms with Crippen LogP contribution in [0.15, 0.2) is 29.4 Å². The van der Waals surface area contributed by atoms with E-state index in [0.717, 1.165) is 17.4 Å². The van der Waals surface area contributed by atoms with E-state index in [9.17, 15) is 8.42 Å². The molecule has 0 aromatic heterocycles. The summed E-state index contributed by atoms with van der Waals surface area (Å²) in [7, 11) is -3.56. The highest BCUT2D eigenvalue weighted by Gasteiger charge is 2.30. The van der Waals surface area contributed by atoms with Gasteiger partial charge in [-0.25, -0.2) is 0 Å². The van der Waals surface area contributed by atoms with Gasteiger partial charge in [0.25, 0.3) is 10.1 Å². The van der Waals surface area contributed by atoms with Gasteiger partial charge in [-0.05, 0) is 23.1 Å². The molecule has 2 atom stereocenters. The third-order valence-electron chi connectivity index (χ3n) is 2.90. The van der Waals surface area contributed by atoms with Gasteiger partial charge in [-0.1, -0.05) is 29.4 Å². The van der Waals surface area contributed by atoms with E-state index >= 15 is 0 Å². The van der Waals surface area contributed by atoms with Crippen LogP contribution in [0.4, 0.5) is 0 Å². The van der Waals surface area contributed by atoms with Gasteiger partial charge in [-0.2, -0.15) is 8.42 Å². The van der Waals surface area contributed by atoms with Crippen molar-refractivity contribution in [3.05, 3.63) is 45.8 Å². The molecule has 0 spiro atoms. The van der Waals surface area contributed by atoms with Crippen LogP contribution in [0.5, 0.6) is 0 Å². The second-order valence-electron chi connectivity index (χ2n) is 4.29. The van der Waals surface area contributed by atoms with Crippen LogP contribution in [-0.4, -0.2) is 26.8 Å². The van der Waals surface area contributed by atoms with Crippen molar-refractivity contribution in [2.24, 2.45) is 5.11 Å². The normalized spacial score (nSPS) is 22.9. The minimum atomic E-state index is -3.56. The molecule has 1 aromatic carbocycles. The lowest BCUT2D eigenvalue weighted by Gasteiger charge is -2.29. The van der Waals surface area contributed by atoms with Crippen LogP contribution < -0.4 is 0 Å². The molecule has 0 saturated carbocycles. The Balaban J connectivity index is 2.31. The second kappa shape index (κ2) is 4.97. The van der Waals surface area contributed by atoms with Crippen LogP contribution in [0.2, 0.25) is 0 Å². The molecule has 2 rings (SSSR count). The molecule has 1 aliphatic carbocycles. The number of rotatable bonds is 3. The molecule has 7 heteroatoms. The molecule has 0 fully saturated rings. The highest BCUT2D eigenvalue weighted by Crippen LogP contribution is 2.26. The molecule has 18 heavy (non-hydrogen) atoms. The van der Waals surface area contributed by atoms with E-state index < -0.39 is 22.3 Å². The molecule has 6 nitrogen and oxygen atoms in total. The lowest BCUT2D eigenvalue weighted by molar-refractivity contribution is 0.172. The van der Waals surface area contributed by atoms with Gasteiger partial charge >= 0.3 is 0 Å². The lowest BCUT2D eigenvalue weighted by atomic mass is 9.87. The molecule has 0 aliphatic heterocycles. The fourth-order valence-electron chi connectivity index (χ4n) is 2.17. The van der Waals surface area contributed by atoms with Crippen molar-refractivity contribution in [2.75, 3.05) is 6.26 Å². The number of hydrogen-bond acceptors (Lipinski definition) is 4. The zero-order valence-corrected chi connectivity index (χ0v) is 10.7. The van der Waals surface area contributed by atoms with E-state index in [4.69, 9.17) is 9.71 Å². The van der Waals surface area contributed by atoms with E-state index in [-0.39, 0.29) is 0 Å². The first-order valence-corrected chi connectivity index (χ1v) is 7.30. The topological polar surface area (TPSA) is 92.1 Å². The second-order valence-corrected chi connectivity index (χ2v) is 5.89. The van der Waals surface area contributed by atoms with Crippen molar-refractivity contribution < 1.29 is 12.6 Å². The molecular formula is C11H13N3O3S. The first kappa shape index (κ1) is 12.9. The zero-order valence-electron chi connectivity index (χ0n) is 9.85. The fraction of sp³-hybridized carbons (Fsp3) is 0.455. The molecule has 0 heterocycles. The average molecular weight is 267 g/mol. The van der Waals surface area contributed by atoms with Crippen LogP contribution in [-0.2, 0) is 27.1 Å². The Bertz CT molecular complexity index is 593. The molecule has 1 aliphatic rings. The number of hydrogen-bond donors (Lipinski definition) is 0. The summed E-state index contributed by atoms with van der Waals surface area (Å²) >= 11 is 0. The molecule has 1 aromatic rings. The molecule has 0 saturated heterocycles. The minimum absolute atomic E-state index is 0.437. The summed E-state index contributed by atoms with van der Waals surface area (Å²) in [6.45, 7) is 0. The molecule has 96 valence electrons. The van der Waals surface area contributed by atoms with Gasteiger partial charge in [0, 0.05) is 11.3 Å². The third kappa shape index (κ3) is 3.01. The van der Waals surface area contributed by atoms with Gasteiger partial charge in [0.2, 0.25) is 0 Å². The summed E-state index contributed by atoms with van der Waals surface area (Å²) < 4.78 is 27.4. The van der Waals surface area contributed by atoms with Crippen LogP contribution in [0.3, 0.4) is 0 Å². The SMILES string of the molecule is CS(=O)(=O)OC1Cc2ccccc2CC1N=[N+]=[N-]. The minimum Gasteiger partial charge on any atom is -0.266 e. The van der Waals surface area contributed by atoms with Crippen LogP contribution in [0.1, 0.15) is 11.1 Å². The Morgan fingerprint density at radius 1 is 1.33 bits per heavy atom. The van der Waals surface area contributed by atoms with Gasteiger partial charge in [0.05, 0.1) is 18.4 Å². The summed E-state index contributed by atoms with van der Waals surface area (Å²) in [6, 6.07) is 7.19. The Morgan fingerprint density at radius 2 is 1.94 bits per heavy atom. The third-order valence-corrected chi connectivity index (χ3v) is 3.49. The van der Waals surface area contributed by atoms with E-state index in [2.05, 4.69) is 10.0 Å². The monoisotopic (exact) mass is 267 g/mol. The quantitative estimate of drug-likeness (QED) is 0.362. The van der Waals surface area contributed by atoms with E-state index in [0.29, 0.717) is 12.8 Å². The highest BCUT2D eigenvalue weighted by molar-refractivity contribution is 7.86. The molecule has 0 radical (unpaired) electrons. The van der Waals surface area contributed by atoms with E-state index in [1.165, 1.54) is 0 Å². The maximum absolute atomic E-state index is 11.2. The largest absolute Gasteiger partial charge is 0.266 e. The number of nitrogens with zero attached hydrogens (tertiary/aromatic N) is 3. The standard InChI is InChI=1S/C11H13N3O3S/c1-18(15,16)17-11-7-9-5-3-2-4-8(9)6-10(11)13-14-12/h2-5,10-11H,6-7H2,1H3. The Labute approximate surface area is 105 Å². The first-order chi connectivity index (χ1) is 8.49. The van der Waals surface area contributed by atoms with Crippen LogP contribution >= 0.6 is 0 Å². The summed E-state index contributed by atoms with van der Waals surface area (Å²) in [5, 5.41) is 3.64. The van der Waals surface area contributed by atoms with Gasteiger partial charge in [0.1, 0.15) is 0 Å². The van der Waals surface area contributed by atoms with Crippen molar-refractivity contribution >= 4 is 10.1 Å². The van der Waals surface area contributed by atoms with E-state index in [1.807, 2.05) is 24.3 Å². The Hall–Kier alpha value is -1.56. The molecular weight excluding hydrogens is 254 g/mol. The van der Waals surface area contributed by atoms with E-state index in [1.54, 1.807) is 0 Å². The molecule has 0 bridgehead atoms. The van der Waals surface area contributed by atoms with Gasteiger partial charge in [-0.3, -0.25) is 4.18 Å². The summed E-state index contributed by atoms with van der Waals surface area (Å²) in [5.41, 5.74) is 10.6. The first-order valence-electron chi connectivity index (χ1n) is 5.49. The maximum atomic E-state index is 11.2. The summed E-state index contributed by atoms with van der Waals surface area (Å²) in [6.07, 6.45) is 1.32. The molecule has 2 unspecified atom stereocenters. The smallest absolute Gasteiger partial charge is 0.264 e. The lowest BCUT2D eigenvalue weighted by Crippen LogP contribution is -2.37. The molecule has 0 N–H and O–H groups in total. The highest BCUT2D eigenvalue weighted by atomic mass is 32.2. The van der Waals surface area contributed by atoms with Crippen molar-refractivity contribution in [1.82, 2.24) is 0 Å². The summed E-state index contributed by atoms with van der Waals surface area (Å²) in [5.74, 6) is 0. The van der Waals surface area contributed by atoms with Gasteiger partial charge < -0.3 is 0 Å². The molecule has 0 amide bonds. The Kier molecular flexibility index (Phi) is 3.56. The zero-order chi connectivity index (χ0) is 13.2.